The largest absolute Gasteiger partial charge is 0.478 e. The molecule has 2 N–H and O–H groups in total. The van der Waals surface area contributed by atoms with E-state index in [1.807, 2.05) is 0 Å². The Kier molecular flexibility index (Phi) is 4.88. The van der Waals surface area contributed by atoms with Crippen LogP contribution in [-0.2, 0) is 20.8 Å². The monoisotopic (exact) mass is 309 g/mol. The summed E-state index contributed by atoms with van der Waals surface area (Å²) in [7, 11) is -5.14. The van der Waals surface area contributed by atoms with Gasteiger partial charge in [-0.05, 0) is 13.8 Å². The second-order valence-corrected chi connectivity index (χ2v) is 7.16. The van der Waals surface area contributed by atoms with Crippen LogP contribution >= 0.6 is 0 Å². The van der Waals surface area contributed by atoms with Gasteiger partial charge in [-0.15, -0.1) is 0 Å². The Morgan fingerprint density at radius 2 is 1.95 bits per heavy atom. The van der Waals surface area contributed by atoms with Crippen LogP contribution in [0.2, 0.25) is 0 Å². The standard InChI is InChI=1S/C10H15NO6S2/c1-6-8(10(12)13)9(7(2)17-6)19(15,16)11-4-5-18(3)14/h11H,4-5H2,1-3H3,(H,12,13). The van der Waals surface area contributed by atoms with Crippen molar-refractivity contribution < 1.29 is 26.9 Å². The maximum atomic E-state index is 12.0. The molecule has 0 aliphatic rings. The van der Waals surface area contributed by atoms with Gasteiger partial charge in [0.05, 0.1) is 0 Å². The summed E-state index contributed by atoms with van der Waals surface area (Å²) in [5.41, 5.74) is -0.373. The molecule has 0 saturated heterocycles. The van der Waals surface area contributed by atoms with E-state index in [2.05, 4.69) is 4.72 Å². The molecule has 1 atom stereocenters. The third kappa shape index (κ3) is 3.64. The molecule has 7 nitrogen and oxygen atoms in total. The van der Waals surface area contributed by atoms with Crippen LogP contribution in [0.4, 0.5) is 0 Å². The summed E-state index contributed by atoms with van der Waals surface area (Å²) in [5.74, 6) is -1.17. The number of furan rings is 1. The van der Waals surface area contributed by atoms with Crippen LogP contribution in [0.5, 0.6) is 0 Å². The van der Waals surface area contributed by atoms with E-state index in [-0.39, 0.29) is 34.3 Å². The molecule has 0 amide bonds. The topological polar surface area (TPSA) is 114 Å². The zero-order valence-electron chi connectivity index (χ0n) is 10.7. The molecule has 0 saturated carbocycles. The van der Waals surface area contributed by atoms with E-state index >= 15 is 0 Å². The minimum atomic E-state index is -4.00. The maximum Gasteiger partial charge on any atom is 0.340 e. The Morgan fingerprint density at radius 1 is 1.37 bits per heavy atom. The number of hydrogen-bond acceptors (Lipinski definition) is 5. The van der Waals surface area contributed by atoms with Crippen molar-refractivity contribution in [2.45, 2.75) is 18.7 Å². The molecule has 1 unspecified atom stereocenters. The van der Waals surface area contributed by atoms with Crippen molar-refractivity contribution in [2.24, 2.45) is 0 Å². The lowest BCUT2D eigenvalue weighted by molar-refractivity contribution is 0.0691. The Labute approximate surface area is 113 Å². The van der Waals surface area contributed by atoms with Crippen LogP contribution in [-0.4, -0.2) is 42.3 Å². The lowest BCUT2D eigenvalue weighted by Gasteiger charge is -2.05. The Hall–Kier alpha value is -1.19. The number of carboxylic acid groups (broad SMARTS) is 1. The number of aryl methyl sites for hydroxylation is 2. The molecule has 0 aromatic carbocycles. The Bertz CT molecular complexity index is 616. The highest BCUT2D eigenvalue weighted by Crippen LogP contribution is 2.26. The van der Waals surface area contributed by atoms with Gasteiger partial charge in [-0.25, -0.2) is 17.9 Å². The molecule has 0 radical (unpaired) electrons. The average molecular weight is 309 g/mol. The lowest BCUT2D eigenvalue weighted by atomic mass is 10.2. The fraction of sp³-hybridized carbons (Fsp3) is 0.500. The second-order valence-electron chi connectivity index (χ2n) is 3.90. The van der Waals surface area contributed by atoms with E-state index < -0.39 is 26.8 Å². The van der Waals surface area contributed by atoms with E-state index in [0.717, 1.165) is 0 Å². The van der Waals surface area contributed by atoms with Crippen LogP contribution in [0, 0.1) is 13.8 Å². The number of nitrogens with one attached hydrogen (secondary N) is 1. The van der Waals surface area contributed by atoms with Crippen LogP contribution in [0.3, 0.4) is 0 Å². The molecule has 0 fully saturated rings. The van der Waals surface area contributed by atoms with Crippen molar-refractivity contribution in [3.63, 3.8) is 0 Å². The van der Waals surface area contributed by atoms with Gasteiger partial charge in [0.2, 0.25) is 10.0 Å². The first-order valence-electron chi connectivity index (χ1n) is 5.29. The molecule has 1 rings (SSSR count). The smallest absolute Gasteiger partial charge is 0.340 e. The van der Waals surface area contributed by atoms with Crippen LogP contribution < -0.4 is 4.72 Å². The van der Waals surface area contributed by atoms with Gasteiger partial charge in [-0.1, -0.05) is 0 Å². The summed E-state index contributed by atoms with van der Waals surface area (Å²) in [6.45, 7) is 2.73. The van der Waals surface area contributed by atoms with Crippen LogP contribution in [0.1, 0.15) is 21.9 Å². The number of aromatic carboxylic acids is 1. The zero-order valence-corrected chi connectivity index (χ0v) is 12.4. The van der Waals surface area contributed by atoms with Crippen LogP contribution in [0.15, 0.2) is 9.31 Å². The molecule has 0 aliphatic heterocycles. The zero-order chi connectivity index (χ0) is 14.8. The van der Waals surface area contributed by atoms with E-state index in [4.69, 9.17) is 9.52 Å². The quantitative estimate of drug-likeness (QED) is 0.778. The summed E-state index contributed by atoms with van der Waals surface area (Å²) in [6.07, 6.45) is 1.45. The van der Waals surface area contributed by atoms with Gasteiger partial charge in [-0.3, -0.25) is 4.21 Å². The lowest BCUT2D eigenvalue weighted by Crippen LogP contribution is -2.29. The molecule has 1 aromatic rings. The molecule has 9 heteroatoms. The predicted molar refractivity (Wildman–Crippen MR) is 69.3 cm³/mol. The summed E-state index contributed by atoms with van der Waals surface area (Å²) in [4.78, 5) is 10.7. The molecule has 0 spiro atoms. The fourth-order valence-corrected chi connectivity index (χ4v) is 3.58. The Balaban J connectivity index is 3.14. The molecular weight excluding hydrogens is 294 g/mol. The van der Waals surface area contributed by atoms with Crippen molar-refractivity contribution in [3.05, 3.63) is 17.1 Å². The van der Waals surface area contributed by atoms with E-state index in [9.17, 15) is 17.4 Å². The SMILES string of the molecule is Cc1oc(C)c(S(=O)(=O)NCCS(C)=O)c1C(=O)O. The third-order valence-electron chi connectivity index (χ3n) is 2.37. The number of hydrogen-bond donors (Lipinski definition) is 2. The van der Waals surface area contributed by atoms with E-state index in [1.165, 1.54) is 20.1 Å². The third-order valence-corrected chi connectivity index (χ3v) is 4.76. The molecule has 1 aromatic heterocycles. The van der Waals surface area contributed by atoms with Crippen LogP contribution in [0.25, 0.3) is 0 Å². The van der Waals surface area contributed by atoms with E-state index in [1.54, 1.807) is 0 Å². The first kappa shape index (κ1) is 15.9. The molecular formula is C10H15NO6S2. The highest BCUT2D eigenvalue weighted by atomic mass is 32.2. The van der Waals surface area contributed by atoms with Gasteiger partial charge in [-0.2, -0.15) is 0 Å². The van der Waals surface area contributed by atoms with Crippen molar-refractivity contribution >= 4 is 26.8 Å². The number of sulfonamides is 1. The summed E-state index contributed by atoms with van der Waals surface area (Å²) < 4.78 is 42.2. The predicted octanol–water partition coefficient (Wildman–Crippen LogP) is 0.251. The molecule has 108 valence electrons. The van der Waals surface area contributed by atoms with Gasteiger partial charge in [0.25, 0.3) is 0 Å². The first-order valence-corrected chi connectivity index (χ1v) is 8.51. The van der Waals surface area contributed by atoms with E-state index in [0.29, 0.717) is 0 Å². The highest BCUT2D eigenvalue weighted by molar-refractivity contribution is 7.89. The van der Waals surface area contributed by atoms with Crippen molar-refractivity contribution in [1.29, 1.82) is 0 Å². The van der Waals surface area contributed by atoms with Gasteiger partial charge >= 0.3 is 5.97 Å². The van der Waals surface area contributed by atoms with Crippen molar-refractivity contribution in [1.82, 2.24) is 4.72 Å². The first-order chi connectivity index (χ1) is 8.66. The molecule has 19 heavy (non-hydrogen) atoms. The number of carboxylic acids is 1. The summed E-state index contributed by atoms with van der Waals surface area (Å²) >= 11 is 0. The molecule has 0 aliphatic carbocycles. The minimum absolute atomic E-state index is 0.0139. The second kappa shape index (κ2) is 5.85. The Morgan fingerprint density at radius 3 is 2.42 bits per heavy atom. The fourth-order valence-electron chi connectivity index (χ4n) is 1.63. The summed E-state index contributed by atoms with van der Waals surface area (Å²) in [5, 5.41) is 9.04. The average Bonchev–Trinajstić information content (AvgIpc) is 2.53. The maximum absolute atomic E-state index is 12.0. The molecule has 0 bridgehead atoms. The summed E-state index contributed by atoms with van der Waals surface area (Å²) in [6, 6.07) is 0. The van der Waals surface area contributed by atoms with Gasteiger partial charge in [0, 0.05) is 29.4 Å². The van der Waals surface area contributed by atoms with Crippen molar-refractivity contribution in [3.8, 4) is 0 Å². The highest BCUT2D eigenvalue weighted by Gasteiger charge is 2.30. The minimum Gasteiger partial charge on any atom is -0.478 e. The van der Waals surface area contributed by atoms with Gasteiger partial charge in [0.15, 0.2) is 0 Å². The number of rotatable bonds is 6. The van der Waals surface area contributed by atoms with Gasteiger partial charge < -0.3 is 9.52 Å². The number of carbonyl (C=O) groups is 1. The van der Waals surface area contributed by atoms with Gasteiger partial charge in [0.1, 0.15) is 22.0 Å². The molecule has 1 heterocycles. The van der Waals surface area contributed by atoms with Crippen molar-refractivity contribution in [2.75, 3.05) is 18.6 Å². The normalized spacial score (nSPS) is 13.4.